The molecule has 2 N–H and O–H groups in total. The minimum Gasteiger partial charge on any atom is -0.313 e. The number of carbonyl (C=O) groups excluding carboxylic acids is 2. The van der Waals surface area contributed by atoms with Crippen molar-refractivity contribution in [1.29, 1.82) is 0 Å². The Kier molecular flexibility index (Phi) is 5.37. The maximum Gasteiger partial charge on any atom is 0.230 e. The molecule has 0 fully saturated rings. The summed E-state index contributed by atoms with van der Waals surface area (Å²) in [5, 5.41) is 0. The van der Waals surface area contributed by atoms with E-state index in [4.69, 9.17) is 5.73 Å². The van der Waals surface area contributed by atoms with Crippen molar-refractivity contribution in [2.75, 3.05) is 6.67 Å². The van der Waals surface area contributed by atoms with Gasteiger partial charge in [-0.15, -0.1) is 0 Å². The Morgan fingerprint density at radius 2 is 2.27 bits per heavy atom. The lowest BCUT2D eigenvalue weighted by atomic mass is 10.2. The lowest BCUT2D eigenvalue weighted by Gasteiger charge is -2.11. The first-order valence-corrected chi connectivity index (χ1v) is 3.71. The average molecular weight is 158 g/mol. The Labute approximate surface area is 66.4 Å². The number of nitrogens with zero attached hydrogens (tertiary/aromatic N) is 1. The molecule has 0 aromatic heterocycles. The third-order valence-corrected chi connectivity index (χ3v) is 1.39. The van der Waals surface area contributed by atoms with Gasteiger partial charge in [-0.05, 0) is 6.42 Å². The van der Waals surface area contributed by atoms with Crippen LogP contribution in [0.25, 0.3) is 0 Å². The monoisotopic (exact) mass is 158 g/mol. The summed E-state index contributed by atoms with van der Waals surface area (Å²) in [6.07, 6.45) is 2.64. The van der Waals surface area contributed by atoms with Crippen LogP contribution in [-0.2, 0) is 9.59 Å². The second-order valence-electron chi connectivity index (χ2n) is 2.26. The highest BCUT2D eigenvalue weighted by Crippen LogP contribution is 1.97. The number of nitrogens with two attached hydrogens (primary N) is 1. The van der Waals surface area contributed by atoms with Crippen LogP contribution in [0, 0.1) is 0 Å². The zero-order chi connectivity index (χ0) is 8.69. The summed E-state index contributed by atoms with van der Waals surface area (Å²) in [7, 11) is 0. The molecule has 64 valence electrons. The summed E-state index contributed by atoms with van der Waals surface area (Å²) < 4.78 is 0. The van der Waals surface area contributed by atoms with Gasteiger partial charge < -0.3 is 5.73 Å². The maximum atomic E-state index is 11.0. The number of unbranched alkanes of at least 4 members (excludes halogenated alkanes) is 1. The van der Waals surface area contributed by atoms with Gasteiger partial charge in [0.15, 0.2) is 0 Å². The van der Waals surface area contributed by atoms with Crippen LogP contribution in [0.4, 0.5) is 0 Å². The Hall–Kier alpha value is -0.900. The van der Waals surface area contributed by atoms with Crippen molar-refractivity contribution in [1.82, 2.24) is 4.90 Å². The van der Waals surface area contributed by atoms with Gasteiger partial charge in [-0.3, -0.25) is 14.5 Å². The van der Waals surface area contributed by atoms with E-state index in [-0.39, 0.29) is 12.6 Å². The number of imide groups is 1. The van der Waals surface area contributed by atoms with Gasteiger partial charge in [-0.1, -0.05) is 13.3 Å². The van der Waals surface area contributed by atoms with Crippen molar-refractivity contribution < 1.29 is 9.59 Å². The molecule has 11 heavy (non-hydrogen) atoms. The molecule has 0 heterocycles. The van der Waals surface area contributed by atoms with E-state index in [1.807, 2.05) is 6.92 Å². The van der Waals surface area contributed by atoms with E-state index in [1.54, 1.807) is 0 Å². The molecule has 4 nitrogen and oxygen atoms in total. The van der Waals surface area contributed by atoms with Crippen LogP contribution in [0.5, 0.6) is 0 Å². The van der Waals surface area contributed by atoms with Crippen molar-refractivity contribution in [2.24, 2.45) is 5.73 Å². The molecule has 0 aromatic rings. The fourth-order valence-electron chi connectivity index (χ4n) is 0.675. The van der Waals surface area contributed by atoms with E-state index in [9.17, 15) is 9.59 Å². The van der Waals surface area contributed by atoms with E-state index in [0.717, 1.165) is 17.7 Å². The SMILES string of the molecule is CCCCC(=O)N(C=O)CN. The Bertz CT molecular complexity index is 136. The molecule has 0 atom stereocenters. The van der Waals surface area contributed by atoms with Crippen LogP contribution in [0.1, 0.15) is 26.2 Å². The molecule has 0 aliphatic heterocycles. The zero-order valence-electron chi connectivity index (χ0n) is 6.75. The number of hydrogen-bond acceptors (Lipinski definition) is 3. The first-order valence-electron chi connectivity index (χ1n) is 3.71. The van der Waals surface area contributed by atoms with Gasteiger partial charge in [0.25, 0.3) is 0 Å². The minimum absolute atomic E-state index is 0.0218. The lowest BCUT2D eigenvalue weighted by Crippen LogP contribution is -2.34. The van der Waals surface area contributed by atoms with Crippen molar-refractivity contribution >= 4 is 12.3 Å². The quantitative estimate of drug-likeness (QED) is 0.455. The topological polar surface area (TPSA) is 63.4 Å². The third-order valence-electron chi connectivity index (χ3n) is 1.39. The average Bonchev–Trinajstić information content (AvgIpc) is 2.03. The molecule has 0 spiro atoms. The molecule has 0 aromatic carbocycles. The predicted octanol–water partition coefficient (Wildman–Crippen LogP) is 0.0778. The highest BCUT2D eigenvalue weighted by Gasteiger charge is 2.08. The summed E-state index contributed by atoms with van der Waals surface area (Å²) >= 11 is 0. The minimum atomic E-state index is -0.190. The summed E-state index contributed by atoms with van der Waals surface area (Å²) in [6, 6.07) is 0. The lowest BCUT2D eigenvalue weighted by molar-refractivity contribution is -0.138. The van der Waals surface area contributed by atoms with Gasteiger partial charge in [0, 0.05) is 6.42 Å². The Morgan fingerprint density at radius 1 is 1.64 bits per heavy atom. The molecule has 0 aliphatic rings. The third kappa shape index (κ3) is 3.72. The molecule has 2 amide bonds. The molecular formula is C7H14N2O2. The van der Waals surface area contributed by atoms with Crippen LogP contribution in [0.2, 0.25) is 0 Å². The van der Waals surface area contributed by atoms with Crippen molar-refractivity contribution in [3.8, 4) is 0 Å². The molecule has 0 saturated heterocycles. The Morgan fingerprint density at radius 3 is 2.64 bits per heavy atom. The molecule has 0 radical (unpaired) electrons. The predicted molar refractivity (Wildman–Crippen MR) is 41.5 cm³/mol. The van der Waals surface area contributed by atoms with E-state index >= 15 is 0 Å². The number of hydrogen-bond donors (Lipinski definition) is 1. The van der Waals surface area contributed by atoms with Crippen molar-refractivity contribution in [3.05, 3.63) is 0 Å². The fourth-order valence-corrected chi connectivity index (χ4v) is 0.675. The van der Waals surface area contributed by atoms with Crippen LogP contribution in [0.3, 0.4) is 0 Å². The normalized spacial score (nSPS) is 9.27. The van der Waals surface area contributed by atoms with Crippen LogP contribution in [0.15, 0.2) is 0 Å². The van der Waals surface area contributed by atoms with Gasteiger partial charge in [0.05, 0.1) is 6.67 Å². The first kappa shape index (κ1) is 10.1. The van der Waals surface area contributed by atoms with Gasteiger partial charge in [0.2, 0.25) is 12.3 Å². The molecule has 0 unspecified atom stereocenters. The van der Waals surface area contributed by atoms with Crippen molar-refractivity contribution in [3.63, 3.8) is 0 Å². The standard InChI is InChI=1S/C7H14N2O2/c1-2-3-4-7(11)9(5-8)6-10/h6H,2-5,8H2,1H3. The fraction of sp³-hybridized carbons (Fsp3) is 0.714. The van der Waals surface area contributed by atoms with E-state index < -0.39 is 0 Å². The van der Waals surface area contributed by atoms with Crippen molar-refractivity contribution in [2.45, 2.75) is 26.2 Å². The largest absolute Gasteiger partial charge is 0.313 e. The van der Waals surface area contributed by atoms with Gasteiger partial charge in [-0.25, -0.2) is 0 Å². The number of carbonyl (C=O) groups is 2. The van der Waals surface area contributed by atoms with Crippen LogP contribution < -0.4 is 5.73 Å². The molecule has 0 saturated carbocycles. The van der Waals surface area contributed by atoms with E-state index in [0.29, 0.717) is 12.8 Å². The molecule has 0 rings (SSSR count). The summed E-state index contributed by atoms with van der Waals surface area (Å²) in [5.74, 6) is -0.190. The van der Waals surface area contributed by atoms with Gasteiger partial charge >= 0.3 is 0 Å². The second-order valence-corrected chi connectivity index (χ2v) is 2.26. The van der Waals surface area contributed by atoms with E-state index in [2.05, 4.69) is 0 Å². The molecule has 0 aliphatic carbocycles. The molecule has 4 heteroatoms. The second kappa shape index (κ2) is 5.85. The molecular weight excluding hydrogens is 144 g/mol. The first-order chi connectivity index (χ1) is 5.26. The summed E-state index contributed by atoms with van der Waals surface area (Å²) in [5.41, 5.74) is 5.13. The zero-order valence-corrected chi connectivity index (χ0v) is 6.75. The highest BCUT2D eigenvalue weighted by atomic mass is 16.2. The van der Waals surface area contributed by atoms with Crippen LogP contribution in [-0.4, -0.2) is 23.9 Å². The smallest absolute Gasteiger partial charge is 0.230 e. The van der Waals surface area contributed by atoms with Gasteiger partial charge in [0.1, 0.15) is 0 Å². The maximum absolute atomic E-state index is 11.0. The summed E-state index contributed by atoms with van der Waals surface area (Å²) in [6.45, 7) is 1.97. The number of amides is 2. The van der Waals surface area contributed by atoms with Gasteiger partial charge in [-0.2, -0.15) is 0 Å². The number of rotatable bonds is 5. The highest BCUT2D eigenvalue weighted by molar-refractivity contribution is 5.85. The Balaban J connectivity index is 3.69. The molecule has 0 bridgehead atoms. The van der Waals surface area contributed by atoms with Crippen LogP contribution >= 0.6 is 0 Å². The summed E-state index contributed by atoms with van der Waals surface area (Å²) in [4.78, 5) is 22.1. The van der Waals surface area contributed by atoms with E-state index in [1.165, 1.54) is 0 Å².